The van der Waals surface area contributed by atoms with Gasteiger partial charge < -0.3 is 14.2 Å². The summed E-state index contributed by atoms with van der Waals surface area (Å²) in [6.07, 6.45) is 0.0201. The molecule has 0 saturated carbocycles. The van der Waals surface area contributed by atoms with Crippen molar-refractivity contribution < 1.29 is 23.8 Å². The number of ether oxygens (including phenoxy) is 3. The van der Waals surface area contributed by atoms with Gasteiger partial charge in [-0.25, -0.2) is 4.79 Å². The van der Waals surface area contributed by atoms with Crippen molar-refractivity contribution in [2.24, 2.45) is 0 Å². The Morgan fingerprint density at radius 2 is 1.27 bits per heavy atom. The summed E-state index contributed by atoms with van der Waals surface area (Å²) in [7, 11) is 3.21. The summed E-state index contributed by atoms with van der Waals surface area (Å²) >= 11 is 0. The van der Waals surface area contributed by atoms with Crippen LogP contribution < -0.4 is 9.47 Å². The molecule has 0 bridgehead atoms. The van der Waals surface area contributed by atoms with Crippen molar-refractivity contribution in [1.29, 1.82) is 0 Å². The Bertz CT molecular complexity index is 1020. The minimum absolute atomic E-state index is 0.101. The normalized spacial score (nSPS) is 18.0. The Kier molecular flexibility index (Phi) is 6.93. The molecule has 1 aliphatic rings. The smallest absolute Gasteiger partial charge is 0.411 e. The molecular weight excluding hydrogens is 418 g/mol. The summed E-state index contributed by atoms with van der Waals surface area (Å²) in [5, 5.41) is 0. The molecule has 1 aliphatic heterocycles. The van der Waals surface area contributed by atoms with Crippen LogP contribution in [0.15, 0.2) is 78.9 Å². The van der Waals surface area contributed by atoms with Crippen molar-refractivity contribution in [3.63, 3.8) is 0 Å². The Labute approximate surface area is 193 Å². The van der Waals surface area contributed by atoms with Gasteiger partial charge in [-0.1, -0.05) is 54.6 Å². The molecule has 3 aromatic carbocycles. The van der Waals surface area contributed by atoms with Gasteiger partial charge in [-0.2, -0.15) is 0 Å². The molecule has 0 radical (unpaired) electrons. The molecule has 1 heterocycles. The summed E-state index contributed by atoms with van der Waals surface area (Å²) in [4.78, 5) is 27.9. The predicted octanol–water partition coefficient (Wildman–Crippen LogP) is 5.49. The molecule has 6 heteroatoms. The summed E-state index contributed by atoms with van der Waals surface area (Å²) in [6, 6.07) is 23.6. The fourth-order valence-corrected chi connectivity index (χ4v) is 4.19. The van der Waals surface area contributed by atoms with Crippen LogP contribution in [0.2, 0.25) is 0 Å². The first kappa shape index (κ1) is 22.4. The number of hydrogen-bond donors (Lipinski definition) is 0. The number of amides is 1. The number of methoxy groups -OCH3 is 2. The van der Waals surface area contributed by atoms with E-state index in [2.05, 4.69) is 0 Å². The molecule has 1 saturated heterocycles. The van der Waals surface area contributed by atoms with Gasteiger partial charge in [0.25, 0.3) is 0 Å². The Hall–Kier alpha value is -3.80. The number of likely N-dealkylation sites (tertiary alicyclic amines) is 1. The highest BCUT2D eigenvalue weighted by atomic mass is 16.6. The molecule has 6 nitrogen and oxygen atoms in total. The molecule has 0 aliphatic carbocycles. The predicted molar refractivity (Wildman–Crippen MR) is 124 cm³/mol. The number of piperidine rings is 1. The topological polar surface area (TPSA) is 65.1 Å². The van der Waals surface area contributed by atoms with E-state index in [1.165, 1.54) is 0 Å². The first-order chi connectivity index (χ1) is 16.1. The Morgan fingerprint density at radius 3 is 1.73 bits per heavy atom. The van der Waals surface area contributed by atoms with Crippen LogP contribution in [0.5, 0.6) is 11.5 Å². The number of ketones is 1. The van der Waals surface area contributed by atoms with Crippen LogP contribution in [0, 0.1) is 0 Å². The van der Waals surface area contributed by atoms with Crippen LogP contribution in [0.4, 0.5) is 4.79 Å². The average molecular weight is 446 g/mol. The zero-order chi connectivity index (χ0) is 23.2. The van der Waals surface area contributed by atoms with Gasteiger partial charge in [-0.15, -0.1) is 0 Å². The maximum absolute atomic E-state index is 13.4. The number of nitrogens with zero attached hydrogens (tertiary/aromatic N) is 1. The minimum Gasteiger partial charge on any atom is -0.497 e. The molecule has 1 fully saturated rings. The first-order valence-corrected chi connectivity index (χ1v) is 10.9. The lowest BCUT2D eigenvalue weighted by Gasteiger charge is -2.41. The van der Waals surface area contributed by atoms with Gasteiger partial charge >= 0.3 is 6.09 Å². The standard InChI is InChI=1S/C27H27NO5/c1-31-23-12-8-20(9-13-23)25-16-22(29)17-26(21-10-14-24(32-2)15-11-21)28(25)27(30)33-18-19-6-4-3-5-7-19/h3-15,25-26H,16-18H2,1-2H3/t25-,26-/m1/s1. The van der Waals surface area contributed by atoms with E-state index in [9.17, 15) is 9.59 Å². The number of carbonyl (C=O) groups is 2. The van der Waals surface area contributed by atoms with Gasteiger partial charge in [0, 0.05) is 12.8 Å². The highest BCUT2D eigenvalue weighted by Gasteiger charge is 2.40. The van der Waals surface area contributed by atoms with Crippen LogP contribution in [-0.2, 0) is 16.1 Å². The van der Waals surface area contributed by atoms with Crippen molar-refractivity contribution in [1.82, 2.24) is 4.90 Å². The third kappa shape index (κ3) is 5.17. The Balaban J connectivity index is 1.67. The highest BCUT2D eigenvalue weighted by molar-refractivity contribution is 5.83. The molecule has 4 rings (SSSR count). The van der Waals surface area contributed by atoms with Gasteiger partial charge in [0.15, 0.2) is 0 Å². The molecule has 3 aromatic rings. The molecular formula is C27H27NO5. The summed E-state index contributed by atoms with van der Waals surface area (Å²) < 4.78 is 16.3. The highest BCUT2D eigenvalue weighted by Crippen LogP contribution is 2.41. The zero-order valence-corrected chi connectivity index (χ0v) is 18.8. The summed E-state index contributed by atoms with van der Waals surface area (Å²) in [5.74, 6) is 1.53. The zero-order valence-electron chi connectivity index (χ0n) is 18.8. The van der Waals surface area contributed by atoms with Gasteiger partial charge in [0.2, 0.25) is 0 Å². The molecule has 0 spiro atoms. The number of carbonyl (C=O) groups excluding carboxylic acids is 2. The van der Waals surface area contributed by atoms with Crippen molar-refractivity contribution >= 4 is 11.9 Å². The molecule has 1 amide bonds. The molecule has 0 aromatic heterocycles. The van der Waals surface area contributed by atoms with E-state index < -0.39 is 18.2 Å². The number of Topliss-reactive ketones (excluding diaryl/α,β-unsaturated/α-hetero) is 1. The van der Waals surface area contributed by atoms with Crippen LogP contribution >= 0.6 is 0 Å². The quantitative estimate of drug-likeness (QED) is 0.502. The third-order valence-electron chi connectivity index (χ3n) is 5.93. The second-order valence-corrected chi connectivity index (χ2v) is 7.97. The van der Waals surface area contributed by atoms with E-state index >= 15 is 0 Å². The second kappa shape index (κ2) is 10.2. The van der Waals surface area contributed by atoms with E-state index in [1.807, 2.05) is 78.9 Å². The molecule has 170 valence electrons. The number of benzene rings is 3. The monoisotopic (exact) mass is 445 g/mol. The lowest BCUT2D eigenvalue weighted by atomic mass is 9.87. The largest absolute Gasteiger partial charge is 0.497 e. The summed E-state index contributed by atoms with van der Waals surface area (Å²) in [6.45, 7) is 0.161. The van der Waals surface area contributed by atoms with Crippen molar-refractivity contribution in [2.45, 2.75) is 31.5 Å². The molecule has 0 unspecified atom stereocenters. The van der Waals surface area contributed by atoms with Gasteiger partial charge in [0.05, 0.1) is 26.3 Å². The van der Waals surface area contributed by atoms with Gasteiger partial charge in [-0.3, -0.25) is 9.69 Å². The summed E-state index contributed by atoms with van der Waals surface area (Å²) in [5.41, 5.74) is 2.62. The van der Waals surface area contributed by atoms with Crippen molar-refractivity contribution in [3.05, 3.63) is 95.6 Å². The number of hydrogen-bond acceptors (Lipinski definition) is 5. The van der Waals surface area contributed by atoms with E-state index in [0.717, 1.165) is 16.7 Å². The molecule has 33 heavy (non-hydrogen) atoms. The van der Waals surface area contributed by atoms with Gasteiger partial charge in [0.1, 0.15) is 23.9 Å². The van der Waals surface area contributed by atoms with E-state index in [4.69, 9.17) is 14.2 Å². The maximum atomic E-state index is 13.4. The molecule has 0 N–H and O–H groups in total. The average Bonchev–Trinajstić information content (AvgIpc) is 2.87. The fourth-order valence-electron chi connectivity index (χ4n) is 4.19. The third-order valence-corrected chi connectivity index (χ3v) is 5.93. The number of rotatable bonds is 6. The van der Waals surface area contributed by atoms with E-state index in [1.54, 1.807) is 19.1 Å². The minimum atomic E-state index is -0.451. The van der Waals surface area contributed by atoms with Gasteiger partial charge in [-0.05, 0) is 41.0 Å². The lowest BCUT2D eigenvalue weighted by molar-refractivity contribution is -0.125. The van der Waals surface area contributed by atoms with E-state index in [0.29, 0.717) is 11.5 Å². The van der Waals surface area contributed by atoms with Crippen LogP contribution in [0.25, 0.3) is 0 Å². The first-order valence-electron chi connectivity index (χ1n) is 10.9. The van der Waals surface area contributed by atoms with Crippen molar-refractivity contribution in [2.75, 3.05) is 14.2 Å². The molecule has 2 atom stereocenters. The van der Waals surface area contributed by atoms with Crippen LogP contribution in [0.1, 0.15) is 41.6 Å². The SMILES string of the molecule is COc1ccc([C@H]2CC(=O)C[C@H](c3ccc(OC)cc3)N2C(=O)OCc2ccccc2)cc1. The fraction of sp³-hybridized carbons (Fsp3) is 0.259. The second-order valence-electron chi connectivity index (χ2n) is 7.97. The maximum Gasteiger partial charge on any atom is 0.411 e. The van der Waals surface area contributed by atoms with Crippen molar-refractivity contribution in [3.8, 4) is 11.5 Å². The van der Waals surface area contributed by atoms with Crippen LogP contribution in [0.3, 0.4) is 0 Å². The van der Waals surface area contributed by atoms with Crippen LogP contribution in [-0.4, -0.2) is 31.0 Å². The lowest BCUT2D eigenvalue weighted by Crippen LogP contribution is -2.43. The van der Waals surface area contributed by atoms with E-state index in [-0.39, 0.29) is 25.2 Å². The Morgan fingerprint density at radius 1 is 0.788 bits per heavy atom.